The molecule has 4 nitrogen and oxygen atoms in total. The molecule has 0 aromatic heterocycles. The lowest BCUT2D eigenvalue weighted by molar-refractivity contribution is 0.271. The second kappa shape index (κ2) is 6.75. The minimum absolute atomic E-state index is 0.0152. The number of sulfone groups is 1. The van der Waals surface area contributed by atoms with E-state index in [-0.39, 0.29) is 18.4 Å². The van der Waals surface area contributed by atoms with Gasteiger partial charge in [0.2, 0.25) is 0 Å². The molecule has 102 valence electrons. The Labute approximate surface area is 109 Å². The standard InChI is InChI=1S/C13H21NO3S/c1-3-9-18(16,17)13-8-6-5-7-12(13)14-11(4-2)10-15/h5-8,11,14-15H,3-4,9-10H2,1-2H3. The third-order valence-corrected chi connectivity index (χ3v) is 4.74. The van der Waals surface area contributed by atoms with E-state index in [9.17, 15) is 13.5 Å². The van der Waals surface area contributed by atoms with Crippen molar-refractivity contribution < 1.29 is 13.5 Å². The topological polar surface area (TPSA) is 66.4 Å². The smallest absolute Gasteiger partial charge is 0.180 e. The summed E-state index contributed by atoms with van der Waals surface area (Å²) in [5.74, 6) is 0.140. The predicted octanol–water partition coefficient (Wildman–Crippen LogP) is 2.05. The molecule has 0 aliphatic heterocycles. The first-order valence-electron chi connectivity index (χ1n) is 6.24. The van der Waals surface area contributed by atoms with Gasteiger partial charge in [0, 0.05) is 6.04 Å². The lowest BCUT2D eigenvalue weighted by Gasteiger charge is -2.18. The Morgan fingerprint density at radius 2 is 1.94 bits per heavy atom. The van der Waals surface area contributed by atoms with Crippen LogP contribution in [0.4, 0.5) is 5.69 Å². The fraction of sp³-hybridized carbons (Fsp3) is 0.538. The average molecular weight is 271 g/mol. The number of hydrogen-bond donors (Lipinski definition) is 2. The van der Waals surface area contributed by atoms with Crippen LogP contribution in [0.15, 0.2) is 29.2 Å². The van der Waals surface area contributed by atoms with Crippen LogP contribution in [0, 0.1) is 0 Å². The van der Waals surface area contributed by atoms with Gasteiger partial charge in [-0.2, -0.15) is 0 Å². The van der Waals surface area contributed by atoms with E-state index in [1.807, 2.05) is 13.8 Å². The summed E-state index contributed by atoms with van der Waals surface area (Å²) >= 11 is 0. The van der Waals surface area contributed by atoms with Crippen molar-refractivity contribution in [1.29, 1.82) is 0 Å². The quantitative estimate of drug-likeness (QED) is 0.796. The van der Waals surface area contributed by atoms with Crippen molar-refractivity contribution in [3.05, 3.63) is 24.3 Å². The maximum absolute atomic E-state index is 12.1. The molecular formula is C13H21NO3S. The molecule has 0 aliphatic rings. The third-order valence-electron chi connectivity index (χ3n) is 2.77. The highest BCUT2D eigenvalue weighted by Gasteiger charge is 2.18. The second-order valence-corrected chi connectivity index (χ2v) is 6.32. The molecule has 1 unspecified atom stereocenters. The van der Waals surface area contributed by atoms with Gasteiger partial charge in [-0.15, -0.1) is 0 Å². The van der Waals surface area contributed by atoms with Gasteiger partial charge < -0.3 is 10.4 Å². The number of nitrogens with one attached hydrogen (secondary N) is 1. The lowest BCUT2D eigenvalue weighted by atomic mass is 10.2. The first kappa shape index (κ1) is 15.0. The third kappa shape index (κ3) is 3.71. The van der Waals surface area contributed by atoms with Crippen molar-refractivity contribution in [2.45, 2.75) is 37.6 Å². The molecule has 1 rings (SSSR count). The molecule has 5 heteroatoms. The molecule has 0 saturated heterocycles. The van der Waals surface area contributed by atoms with Crippen molar-refractivity contribution in [1.82, 2.24) is 0 Å². The van der Waals surface area contributed by atoms with Gasteiger partial charge >= 0.3 is 0 Å². The SMILES string of the molecule is CCCS(=O)(=O)c1ccccc1NC(CC)CO. The van der Waals surface area contributed by atoms with E-state index < -0.39 is 9.84 Å². The molecular weight excluding hydrogens is 250 g/mol. The van der Waals surface area contributed by atoms with Gasteiger partial charge in [-0.05, 0) is 25.0 Å². The molecule has 0 radical (unpaired) electrons. The largest absolute Gasteiger partial charge is 0.394 e. The summed E-state index contributed by atoms with van der Waals surface area (Å²) in [5.41, 5.74) is 0.576. The minimum Gasteiger partial charge on any atom is -0.394 e. The summed E-state index contributed by atoms with van der Waals surface area (Å²) in [6, 6.07) is 6.73. The Hall–Kier alpha value is -1.07. The van der Waals surface area contributed by atoms with E-state index in [1.54, 1.807) is 24.3 Å². The molecule has 0 fully saturated rings. The van der Waals surface area contributed by atoms with Gasteiger partial charge in [-0.1, -0.05) is 26.0 Å². The second-order valence-electron chi connectivity index (χ2n) is 4.25. The molecule has 0 spiro atoms. The van der Waals surface area contributed by atoms with Crippen LogP contribution < -0.4 is 5.32 Å². The normalized spacial score (nSPS) is 13.3. The Morgan fingerprint density at radius 3 is 2.50 bits per heavy atom. The summed E-state index contributed by atoms with van der Waals surface area (Å²) in [7, 11) is -3.25. The first-order valence-corrected chi connectivity index (χ1v) is 7.89. The molecule has 0 bridgehead atoms. The van der Waals surface area contributed by atoms with Crippen LogP contribution >= 0.6 is 0 Å². The average Bonchev–Trinajstić information content (AvgIpc) is 2.36. The molecule has 0 saturated carbocycles. The number of hydrogen-bond acceptors (Lipinski definition) is 4. The van der Waals surface area contributed by atoms with Crippen molar-refractivity contribution in [3.8, 4) is 0 Å². The Kier molecular flexibility index (Phi) is 5.62. The summed E-state index contributed by atoms with van der Waals surface area (Å²) in [6.45, 7) is 3.77. The van der Waals surface area contributed by atoms with Gasteiger partial charge in [0.15, 0.2) is 9.84 Å². The zero-order chi connectivity index (χ0) is 13.6. The number of aliphatic hydroxyl groups is 1. The molecule has 0 heterocycles. The van der Waals surface area contributed by atoms with Gasteiger partial charge in [-0.25, -0.2) is 8.42 Å². The highest BCUT2D eigenvalue weighted by atomic mass is 32.2. The number of benzene rings is 1. The molecule has 18 heavy (non-hydrogen) atoms. The van der Waals surface area contributed by atoms with Crippen LogP contribution in [0.3, 0.4) is 0 Å². The van der Waals surface area contributed by atoms with E-state index in [2.05, 4.69) is 5.32 Å². The molecule has 0 amide bonds. The first-order chi connectivity index (χ1) is 8.55. The number of rotatable bonds is 7. The van der Waals surface area contributed by atoms with Crippen LogP contribution in [-0.4, -0.2) is 31.9 Å². The monoisotopic (exact) mass is 271 g/mol. The fourth-order valence-corrected chi connectivity index (χ4v) is 3.24. The maximum atomic E-state index is 12.1. The van der Waals surface area contributed by atoms with Crippen molar-refractivity contribution >= 4 is 15.5 Å². The van der Waals surface area contributed by atoms with Crippen LogP contribution in [0.25, 0.3) is 0 Å². The summed E-state index contributed by atoms with van der Waals surface area (Å²) in [4.78, 5) is 0.318. The van der Waals surface area contributed by atoms with E-state index in [0.717, 1.165) is 6.42 Å². The molecule has 2 N–H and O–H groups in total. The zero-order valence-corrected chi connectivity index (χ0v) is 11.7. The van der Waals surface area contributed by atoms with Gasteiger partial charge in [0.25, 0.3) is 0 Å². The van der Waals surface area contributed by atoms with Crippen molar-refractivity contribution in [2.24, 2.45) is 0 Å². The predicted molar refractivity (Wildman–Crippen MR) is 73.6 cm³/mol. The summed E-state index contributed by atoms with van der Waals surface area (Å²) in [5, 5.41) is 12.3. The van der Waals surface area contributed by atoms with Crippen LogP contribution in [0.2, 0.25) is 0 Å². The Balaban J connectivity index is 3.07. The highest BCUT2D eigenvalue weighted by molar-refractivity contribution is 7.91. The molecule has 0 aliphatic carbocycles. The van der Waals surface area contributed by atoms with E-state index in [4.69, 9.17) is 0 Å². The molecule has 1 aromatic rings. The van der Waals surface area contributed by atoms with Crippen molar-refractivity contribution in [2.75, 3.05) is 17.7 Å². The van der Waals surface area contributed by atoms with Crippen molar-refractivity contribution in [3.63, 3.8) is 0 Å². The van der Waals surface area contributed by atoms with Crippen LogP contribution in [-0.2, 0) is 9.84 Å². The van der Waals surface area contributed by atoms with Gasteiger partial charge in [-0.3, -0.25) is 0 Å². The fourth-order valence-electron chi connectivity index (χ4n) is 1.73. The van der Waals surface area contributed by atoms with E-state index in [1.165, 1.54) is 0 Å². The Bertz CT molecular complexity index is 467. The number of aliphatic hydroxyl groups excluding tert-OH is 1. The molecule has 1 atom stereocenters. The van der Waals surface area contributed by atoms with Gasteiger partial charge in [0.1, 0.15) is 0 Å². The number of anilines is 1. The molecule has 1 aromatic carbocycles. The zero-order valence-electron chi connectivity index (χ0n) is 10.9. The summed E-state index contributed by atoms with van der Waals surface area (Å²) in [6.07, 6.45) is 1.33. The van der Waals surface area contributed by atoms with Gasteiger partial charge in [0.05, 0.1) is 22.9 Å². The maximum Gasteiger partial charge on any atom is 0.180 e. The minimum atomic E-state index is -3.25. The van der Waals surface area contributed by atoms with Crippen LogP contribution in [0.5, 0.6) is 0 Å². The van der Waals surface area contributed by atoms with E-state index >= 15 is 0 Å². The lowest BCUT2D eigenvalue weighted by Crippen LogP contribution is -2.24. The Morgan fingerprint density at radius 1 is 1.28 bits per heavy atom. The highest BCUT2D eigenvalue weighted by Crippen LogP contribution is 2.23. The summed E-state index contributed by atoms with van der Waals surface area (Å²) < 4.78 is 24.2. The number of para-hydroxylation sites is 1. The van der Waals surface area contributed by atoms with Crippen LogP contribution in [0.1, 0.15) is 26.7 Å². The van der Waals surface area contributed by atoms with E-state index in [0.29, 0.717) is 17.0 Å².